The van der Waals surface area contributed by atoms with E-state index in [4.69, 9.17) is 0 Å². The monoisotopic (exact) mass is 428 g/mol. The maximum atomic E-state index is 11.5. The molecule has 0 rings (SSSR count). The summed E-state index contributed by atoms with van der Waals surface area (Å²) in [6.45, 7) is 4.39. The maximum absolute atomic E-state index is 11.5. The molecule has 0 amide bonds. The summed E-state index contributed by atoms with van der Waals surface area (Å²) in [7, 11) is -4.26. The van der Waals surface area contributed by atoms with Gasteiger partial charge in [-0.15, -0.1) is 0 Å². The van der Waals surface area contributed by atoms with E-state index in [1.165, 1.54) is 57.8 Å². The summed E-state index contributed by atoms with van der Waals surface area (Å²) in [6, 6.07) is 0. The smallest absolute Gasteiger partial charge is 0.748 e. The molecule has 0 fully saturated rings. The van der Waals surface area contributed by atoms with Gasteiger partial charge in [-0.2, -0.15) is 0 Å². The van der Waals surface area contributed by atoms with Crippen molar-refractivity contribution in [2.24, 2.45) is 0 Å². The van der Waals surface area contributed by atoms with Crippen LogP contribution in [0.25, 0.3) is 0 Å². The Hall–Kier alpha value is 0.870. The molecule has 6 heteroatoms. The van der Waals surface area contributed by atoms with Crippen molar-refractivity contribution in [2.75, 3.05) is 0 Å². The van der Waals surface area contributed by atoms with Gasteiger partial charge in [-0.25, -0.2) is 8.42 Å². The Morgan fingerprint density at radius 2 is 1.04 bits per heavy atom. The van der Waals surface area contributed by atoms with E-state index in [1.807, 2.05) is 0 Å². The molecule has 2 unspecified atom stereocenters. The Balaban J connectivity index is 0. The van der Waals surface area contributed by atoms with Crippen molar-refractivity contribution < 1.29 is 47.6 Å². The molecule has 4 nitrogen and oxygen atoms in total. The molecule has 0 saturated carbocycles. The second-order valence-corrected chi connectivity index (χ2v) is 9.82. The molecule has 0 aliphatic rings. The summed E-state index contributed by atoms with van der Waals surface area (Å²) >= 11 is 0. The fourth-order valence-electron chi connectivity index (χ4n) is 3.62. The molecule has 0 bridgehead atoms. The number of unbranched alkanes of at least 4 members (excludes halogenated alkanes) is 12. The van der Waals surface area contributed by atoms with Crippen molar-refractivity contribution in [1.82, 2.24) is 0 Å². The van der Waals surface area contributed by atoms with E-state index in [2.05, 4.69) is 13.8 Å². The summed E-state index contributed by atoms with van der Waals surface area (Å²) in [5.74, 6) is 0. The van der Waals surface area contributed by atoms with Gasteiger partial charge < -0.3 is 9.66 Å². The summed E-state index contributed by atoms with van der Waals surface area (Å²) in [5, 5.41) is 9.23. The first-order chi connectivity index (χ1) is 12.9. The van der Waals surface area contributed by atoms with Crippen LogP contribution in [0.4, 0.5) is 0 Å². The Bertz CT molecular complexity index is 415. The topological polar surface area (TPSA) is 77.4 Å². The van der Waals surface area contributed by atoms with Crippen LogP contribution in [0.3, 0.4) is 0 Å². The Kier molecular flexibility index (Phi) is 23.4. The molecule has 0 aromatic rings. The average molecular weight is 429 g/mol. The molecule has 0 saturated heterocycles. The third-order valence-electron chi connectivity index (χ3n) is 5.50. The van der Waals surface area contributed by atoms with Gasteiger partial charge >= 0.3 is 29.6 Å². The largest absolute Gasteiger partial charge is 1.00 e. The average Bonchev–Trinajstić information content (AvgIpc) is 2.61. The Morgan fingerprint density at radius 3 is 1.46 bits per heavy atom. The molecular formula is C22H45NaO4S. The molecule has 0 aliphatic heterocycles. The first-order valence-corrected chi connectivity index (χ1v) is 13.0. The zero-order chi connectivity index (χ0) is 20.4. The predicted octanol–water partition coefficient (Wildman–Crippen LogP) is 3.33. The van der Waals surface area contributed by atoms with Gasteiger partial charge in [0.1, 0.15) is 0 Å². The van der Waals surface area contributed by atoms with Crippen LogP contribution in [0.1, 0.15) is 129 Å². The molecule has 0 aromatic heterocycles. The normalized spacial score (nSPS) is 13.9. The number of hydrogen-bond acceptors (Lipinski definition) is 4. The van der Waals surface area contributed by atoms with E-state index in [-0.39, 0.29) is 29.6 Å². The first-order valence-electron chi connectivity index (χ1n) is 11.5. The molecule has 164 valence electrons. The van der Waals surface area contributed by atoms with E-state index >= 15 is 0 Å². The molecular weight excluding hydrogens is 383 g/mol. The minimum atomic E-state index is -4.26. The van der Waals surface area contributed by atoms with Gasteiger partial charge in [0.2, 0.25) is 0 Å². The van der Waals surface area contributed by atoms with Crippen LogP contribution in [-0.2, 0) is 10.1 Å². The summed E-state index contributed by atoms with van der Waals surface area (Å²) in [6.07, 6.45) is 17.7. The summed E-state index contributed by atoms with van der Waals surface area (Å²) in [4.78, 5) is 0. The standard InChI is InChI=1S/C22H46O4S.Na/c1-3-5-7-9-10-11-12-14-16-18-22(27(24,25)26)20-19-21(23)17-15-13-8-6-4-2;/h21-23H,3-20H2,1-2H3,(H,24,25,26);/q;+1/p-1. The zero-order valence-corrected chi connectivity index (χ0v) is 21.8. The molecule has 2 atom stereocenters. The summed E-state index contributed by atoms with van der Waals surface area (Å²) in [5.41, 5.74) is 0. The number of aliphatic hydroxyl groups excluding tert-OH is 1. The predicted molar refractivity (Wildman–Crippen MR) is 114 cm³/mol. The molecule has 0 heterocycles. The van der Waals surface area contributed by atoms with Gasteiger partial charge in [-0.05, 0) is 25.7 Å². The van der Waals surface area contributed by atoms with Crippen molar-refractivity contribution >= 4 is 10.1 Å². The molecule has 1 N–H and O–H groups in total. The Morgan fingerprint density at radius 1 is 0.643 bits per heavy atom. The third-order valence-corrected chi connectivity index (χ3v) is 6.79. The second kappa shape index (κ2) is 21.1. The molecule has 0 spiro atoms. The molecule has 0 aromatic carbocycles. The van der Waals surface area contributed by atoms with E-state index in [9.17, 15) is 18.1 Å². The fraction of sp³-hybridized carbons (Fsp3) is 1.00. The van der Waals surface area contributed by atoms with Crippen molar-refractivity contribution in [3.63, 3.8) is 0 Å². The van der Waals surface area contributed by atoms with Crippen LogP contribution in [0.15, 0.2) is 0 Å². The van der Waals surface area contributed by atoms with Crippen LogP contribution in [0.5, 0.6) is 0 Å². The van der Waals surface area contributed by atoms with Crippen molar-refractivity contribution in [1.29, 1.82) is 0 Å². The quantitative estimate of drug-likeness (QED) is 0.183. The van der Waals surface area contributed by atoms with Crippen LogP contribution in [0, 0.1) is 0 Å². The zero-order valence-electron chi connectivity index (χ0n) is 19.0. The molecule has 0 radical (unpaired) electrons. The minimum Gasteiger partial charge on any atom is -0.748 e. The first kappa shape index (κ1) is 31.1. The van der Waals surface area contributed by atoms with E-state index in [1.54, 1.807) is 0 Å². The minimum absolute atomic E-state index is 0. The van der Waals surface area contributed by atoms with Crippen LogP contribution < -0.4 is 29.6 Å². The molecule has 0 aliphatic carbocycles. The van der Waals surface area contributed by atoms with Gasteiger partial charge in [0, 0.05) is 5.25 Å². The second-order valence-electron chi connectivity index (χ2n) is 8.17. The van der Waals surface area contributed by atoms with Gasteiger partial charge in [0.25, 0.3) is 0 Å². The van der Waals surface area contributed by atoms with Gasteiger partial charge in [0.05, 0.1) is 16.2 Å². The number of aliphatic hydroxyl groups is 1. The van der Waals surface area contributed by atoms with Crippen molar-refractivity contribution in [3.05, 3.63) is 0 Å². The van der Waals surface area contributed by atoms with E-state index < -0.39 is 21.5 Å². The van der Waals surface area contributed by atoms with Gasteiger partial charge in [0.15, 0.2) is 0 Å². The van der Waals surface area contributed by atoms with E-state index in [0.717, 1.165) is 32.1 Å². The molecule has 28 heavy (non-hydrogen) atoms. The third kappa shape index (κ3) is 20.2. The van der Waals surface area contributed by atoms with Crippen LogP contribution >= 0.6 is 0 Å². The maximum Gasteiger partial charge on any atom is 1.00 e. The van der Waals surface area contributed by atoms with Gasteiger partial charge in [-0.1, -0.05) is 104 Å². The number of hydrogen-bond donors (Lipinski definition) is 1. The SMILES string of the molecule is CCCCCCCCCCCC(CCC(O)CCCCCCC)S(=O)(=O)[O-].[Na+]. The van der Waals surface area contributed by atoms with Crippen LogP contribution in [0.2, 0.25) is 0 Å². The van der Waals surface area contributed by atoms with Crippen molar-refractivity contribution in [3.8, 4) is 0 Å². The van der Waals surface area contributed by atoms with Gasteiger partial charge in [-0.3, -0.25) is 0 Å². The van der Waals surface area contributed by atoms with Crippen molar-refractivity contribution in [2.45, 2.75) is 141 Å². The number of rotatable bonds is 20. The fourth-order valence-corrected chi connectivity index (χ4v) is 4.50. The van der Waals surface area contributed by atoms with Crippen LogP contribution in [-0.4, -0.2) is 29.4 Å². The summed E-state index contributed by atoms with van der Waals surface area (Å²) < 4.78 is 34.5. The Labute approximate surface area is 197 Å². The van der Waals surface area contributed by atoms with E-state index in [0.29, 0.717) is 25.7 Å².